The van der Waals surface area contributed by atoms with Gasteiger partial charge in [-0.25, -0.2) is 0 Å². The Morgan fingerprint density at radius 2 is 1.83 bits per heavy atom. The van der Waals surface area contributed by atoms with Gasteiger partial charge in [-0.05, 0) is 42.8 Å². The van der Waals surface area contributed by atoms with Crippen LogP contribution in [0.25, 0.3) is 6.08 Å². The quantitative estimate of drug-likeness (QED) is 0.501. The van der Waals surface area contributed by atoms with Gasteiger partial charge in [0.1, 0.15) is 5.75 Å². The van der Waals surface area contributed by atoms with E-state index in [4.69, 9.17) is 4.74 Å². The van der Waals surface area contributed by atoms with E-state index in [0.29, 0.717) is 12.3 Å². The molecule has 0 unspecified atom stereocenters. The molecule has 0 aromatic heterocycles. The summed E-state index contributed by atoms with van der Waals surface area (Å²) in [4.78, 5) is 21.9. The number of nitro benzene ring substituents is 1. The molecule has 2 rings (SSSR count). The SMILES string of the molecule is CCOc1ccc(/C=C/C(=O)Nc2ccc([N+](=O)[O-])cc2)cc1. The number of nitrogens with one attached hydrogen (secondary N) is 1. The van der Waals surface area contributed by atoms with Crippen LogP contribution in [-0.2, 0) is 4.79 Å². The average Bonchev–Trinajstić information content (AvgIpc) is 2.55. The Morgan fingerprint density at radius 3 is 2.39 bits per heavy atom. The second-order valence-electron chi connectivity index (χ2n) is 4.63. The van der Waals surface area contributed by atoms with Crippen LogP contribution in [0.5, 0.6) is 5.75 Å². The van der Waals surface area contributed by atoms with E-state index in [2.05, 4.69) is 5.32 Å². The van der Waals surface area contributed by atoms with Crippen LogP contribution in [0, 0.1) is 10.1 Å². The van der Waals surface area contributed by atoms with Crippen molar-refractivity contribution < 1.29 is 14.5 Å². The maximum absolute atomic E-state index is 11.8. The Kier molecular flexibility index (Phi) is 5.46. The minimum Gasteiger partial charge on any atom is -0.494 e. The minimum atomic E-state index is -0.489. The van der Waals surface area contributed by atoms with Gasteiger partial charge in [-0.3, -0.25) is 14.9 Å². The molecular weight excluding hydrogens is 296 g/mol. The Labute approximate surface area is 133 Å². The van der Waals surface area contributed by atoms with E-state index >= 15 is 0 Å². The molecule has 0 saturated heterocycles. The van der Waals surface area contributed by atoms with Crippen molar-refractivity contribution in [2.45, 2.75) is 6.92 Å². The van der Waals surface area contributed by atoms with Crippen LogP contribution >= 0.6 is 0 Å². The maximum atomic E-state index is 11.8. The van der Waals surface area contributed by atoms with Crippen molar-refractivity contribution in [1.29, 1.82) is 0 Å². The minimum absolute atomic E-state index is 0.0204. The smallest absolute Gasteiger partial charge is 0.269 e. The highest BCUT2D eigenvalue weighted by Gasteiger charge is 2.04. The van der Waals surface area contributed by atoms with E-state index < -0.39 is 4.92 Å². The van der Waals surface area contributed by atoms with Gasteiger partial charge in [0.2, 0.25) is 5.91 Å². The molecule has 1 N–H and O–H groups in total. The summed E-state index contributed by atoms with van der Waals surface area (Å²) in [6.45, 7) is 2.52. The molecule has 1 amide bonds. The lowest BCUT2D eigenvalue weighted by atomic mass is 10.2. The molecule has 0 radical (unpaired) electrons. The maximum Gasteiger partial charge on any atom is 0.269 e. The van der Waals surface area contributed by atoms with Crippen molar-refractivity contribution in [1.82, 2.24) is 0 Å². The highest BCUT2D eigenvalue weighted by molar-refractivity contribution is 6.01. The number of anilines is 1. The molecule has 23 heavy (non-hydrogen) atoms. The number of nitrogens with zero attached hydrogens (tertiary/aromatic N) is 1. The first-order valence-corrected chi connectivity index (χ1v) is 7.05. The molecule has 0 atom stereocenters. The summed E-state index contributed by atoms with van der Waals surface area (Å²) in [6.07, 6.45) is 3.08. The van der Waals surface area contributed by atoms with Crippen LogP contribution in [0.4, 0.5) is 11.4 Å². The Balaban J connectivity index is 1.94. The molecule has 0 bridgehead atoms. The molecule has 6 nitrogen and oxygen atoms in total. The highest BCUT2D eigenvalue weighted by atomic mass is 16.6. The van der Waals surface area contributed by atoms with E-state index in [0.717, 1.165) is 11.3 Å². The normalized spacial score (nSPS) is 10.5. The molecule has 0 aliphatic carbocycles. The lowest BCUT2D eigenvalue weighted by Crippen LogP contribution is -2.07. The number of rotatable bonds is 6. The molecule has 0 fully saturated rings. The molecule has 118 valence electrons. The summed E-state index contributed by atoms with van der Waals surface area (Å²) in [5.41, 5.74) is 1.34. The molecule has 0 aliphatic rings. The highest BCUT2D eigenvalue weighted by Crippen LogP contribution is 2.16. The third-order valence-electron chi connectivity index (χ3n) is 2.96. The number of non-ortho nitro benzene ring substituents is 1. The third-order valence-corrected chi connectivity index (χ3v) is 2.96. The van der Waals surface area contributed by atoms with Crippen molar-refractivity contribution >= 4 is 23.4 Å². The van der Waals surface area contributed by atoms with Crippen molar-refractivity contribution in [3.63, 3.8) is 0 Å². The number of hydrogen-bond acceptors (Lipinski definition) is 4. The van der Waals surface area contributed by atoms with E-state index in [1.54, 1.807) is 6.08 Å². The summed E-state index contributed by atoms with van der Waals surface area (Å²) >= 11 is 0. The molecular formula is C17H16N2O4. The van der Waals surface area contributed by atoms with Crippen LogP contribution in [0.2, 0.25) is 0 Å². The number of carbonyl (C=O) groups is 1. The fourth-order valence-corrected chi connectivity index (χ4v) is 1.86. The van der Waals surface area contributed by atoms with Crippen LogP contribution in [0.3, 0.4) is 0 Å². The lowest BCUT2D eigenvalue weighted by Gasteiger charge is -2.03. The molecule has 6 heteroatoms. The first kappa shape index (κ1) is 16.2. The average molecular weight is 312 g/mol. The second kappa shape index (κ2) is 7.74. The van der Waals surface area contributed by atoms with Gasteiger partial charge in [0.25, 0.3) is 5.69 Å². The summed E-state index contributed by atoms with van der Waals surface area (Å²) in [5, 5.41) is 13.2. The van der Waals surface area contributed by atoms with Gasteiger partial charge in [-0.15, -0.1) is 0 Å². The Morgan fingerprint density at radius 1 is 1.17 bits per heavy atom. The number of nitro groups is 1. The van der Waals surface area contributed by atoms with Gasteiger partial charge in [0.05, 0.1) is 11.5 Å². The second-order valence-corrected chi connectivity index (χ2v) is 4.63. The predicted octanol–water partition coefficient (Wildman–Crippen LogP) is 3.65. The Bertz CT molecular complexity index is 706. The topological polar surface area (TPSA) is 81.5 Å². The zero-order valence-corrected chi connectivity index (χ0v) is 12.6. The number of carbonyl (C=O) groups excluding carboxylic acids is 1. The number of benzene rings is 2. The molecule has 0 saturated carbocycles. The molecule has 0 spiro atoms. The standard InChI is InChI=1S/C17H16N2O4/c1-2-23-16-10-3-13(4-11-16)5-12-17(20)18-14-6-8-15(9-7-14)19(21)22/h3-12H,2H2,1H3,(H,18,20)/b12-5+. The monoisotopic (exact) mass is 312 g/mol. The lowest BCUT2D eigenvalue weighted by molar-refractivity contribution is -0.384. The van der Waals surface area contributed by atoms with Gasteiger partial charge >= 0.3 is 0 Å². The molecule has 0 aliphatic heterocycles. The van der Waals surface area contributed by atoms with Gasteiger partial charge in [0, 0.05) is 23.9 Å². The van der Waals surface area contributed by atoms with Gasteiger partial charge in [-0.1, -0.05) is 12.1 Å². The Hall–Kier alpha value is -3.15. The summed E-state index contributed by atoms with van der Waals surface area (Å²) in [5.74, 6) is 0.465. The van der Waals surface area contributed by atoms with E-state index in [1.165, 1.54) is 30.3 Å². The van der Waals surface area contributed by atoms with Crippen LogP contribution < -0.4 is 10.1 Å². The summed E-state index contributed by atoms with van der Waals surface area (Å²) in [6, 6.07) is 13.0. The van der Waals surface area contributed by atoms with Crippen LogP contribution in [0.1, 0.15) is 12.5 Å². The fourth-order valence-electron chi connectivity index (χ4n) is 1.86. The zero-order chi connectivity index (χ0) is 16.7. The van der Waals surface area contributed by atoms with E-state index in [-0.39, 0.29) is 11.6 Å². The first-order valence-electron chi connectivity index (χ1n) is 7.05. The molecule has 0 heterocycles. The molecule has 2 aromatic rings. The summed E-state index contributed by atoms with van der Waals surface area (Å²) in [7, 11) is 0. The predicted molar refractivity (Wildman–Crippen MR) is 88.4 cm³/mol. The largest absolute Gasteiger partial charge is 0.494 e. The number of amides is 1. The number of ether oxygens (including phenoxy) is 1. The van der Waals surface area contributed by atoms with Gasteiger partial charge in [0.15, 0.2) is 0 Å². The van der Waals surface area contributed by atoms with Crippen molar-refractivity contribution in [3.05, 3.63) is 70.3 Å². The number of hydrogen-bond donors (Lipinski definition) is 1. The van der Waals surface area contributed by atoms with Crippen LogP contribution in [-0.4, -0.2) is 17.4 Å². The third kappa shape index (κ3) is 4.96. The molecule has 2 aromatic carbocycles. The van der Waals surface area contributed by atoms with E-state index in [1.807, 2.05) is 31.2 Å². The van der Waals surface area contributed by atoms with Crippen molar-refractivity contribution in [2.75, 3.05) is 11.9 Å². The first-order chi connectivity index (χ1) is 11.1. The zero-order valence-electron chi connectivity index (χ0n) is 12.6. The van der Waals surface area contributed by atoms with Crippen molar-refractivity contribution in [3.8, 4) is 5.75 Å². The van der Waals surface area contributed by atoms with Crippen LogP contribution in [0.15, 0.2) is 54.6 Å². The van der Waals surface area contributed by atoms with Gasteiger partial charge in [-0.2, -0.15) is 0 Å². The van der Waals surface area contributed by atoms with E-state index in [9.17, 15) is 14.9 Å². The summed E-state index contributed by atoms with van der Waals surface area (Å²) < 4.78 is 5.34. The van der Waals surface area contributed by atoms with Crippen molar-refractivity contribution in [2.24, 2.45) is 0 Å². The van der Waals surface area contributed by atoms with Gasteiger partial charge < -0.3 is 10.1 Å². The fraction of sp³-hybridized carbons (Fsp3) is 0.118.